The van der Waals surface area contributed by atoms with Gasteiger partial charge in [0, 0.05) is 0 Å². The van der Waals surface area contributed by atoms with Crippen molar-refractivity contribution in [1.29, 1.82) is 0 Å². The van der Waals surface area contributed by atoms with Crippen LogP contribution in [0.5, 0.6) is 0 Å². The highest BCUT2D eigenvalue weighted by molar-refractivity contribution is 4.85. The van der Waals surface area contributed by atoms with E-state index >= 15 is 0 Å². The molecule has 0 aromatic rings. The highest BCUT2D eigenvalue weighted by atomic mass is 16.3. The van der Waals surface area contributed by atoms with Gasteiger partial charge in [-0.15, -0.1) is 0 Å². The molecule has 0 radical (unpaired) electrons. The van der Waals surface area contributed by atoms with Crippen LogP contribution in [0.2, 0.25) is 0 Å². The van der Waals surface area contributed by atoms with Crippen molar-refractivity contribution in [3.8, 4) is 0 Å². The topological polar surface area (TPSA) is 60.7 Å². The first kappa shape index (κ1) is 20.9. The molecule has 0 rings (SSSR count). The molecule has 0 bridgehead atoms. The molecule has 3 heteroatoms. The smallest absolute Gasteiger partial charge is 0.0645 e. The lowest BCUT2D eigenvalue weighted by atomic mass is 9.76. The standard InChI is InChI=1S/C18H38O3/c1-6-16(19)12-11-15(13-17(20,7-2)8-3)14-18(21,9-4)10-5/h15-16,19-21H,6-14H2,1-5H3. The summed E-state index contributed by atoms with van der Waals surface area (Å²) in [5.41, 5.74) is -1.27. The molecule has 0 aliphatic carbocycles. The van der Waals surface area contributed by atoms with Crippen molar-refractivity contribution in [3.63, 3.8) is 0 Å². The molecule has 21 heavy (non-hydrogen) atoms. The van der Waals surface area contributed by atoms with Crippen LogP contribution in [0.3, 0.4) is 0 Å². The summed E-state index contributed by atoms with van der Waals surface area (Å²) in [7, 11) is 0. The summed E-state index contributed by atoms with van der Waals surface area (Å²) in [4.78, 5) is 0. The zero-order valence-electron chi connectivity index (χ0n) is 14.9. The maximum atomic E-state index is 10.6. The van der Waals surface area contributed by atoms with E-state index in [0.29, 0.717) is 0 Å². The Morgan fingerprint density at radius 3 is 1.38 bits per heavy atom. The van der Waals surface area contributed by atoms with E-state index in [0.717, 1.165) is 57.8 Å². The summed E-state index contributed by atoms with van der Waals surface area (Å²) in [5.74, 6) is 0.265. The van der Waals surface area contributed by atoms with E-state index in [9.17, 15) is 15.3 Å². The van der Waals surface area contributed by atoms with Crippen LogP contribution in [0, 0.1) is 5.92 Å². The molecular formula is C18H38O3. The molecule has 0 heterocycles. The molecule has 128 valence electrons. The summed E-state index contributed by atoms with van der Waals surface area (Å²) < 4.78 is 0. The van der Waals surface area contributed by atoms with Crippen LogP contribution >= 0.6 is 0 Å². The third-order valence-electron chi connectivity index (χ3n) is 5.35. The molecule has 0 aromatic carbocycles. The van der Waals surface area contributed by atoms with Crippen LogP contribution in [-0.4, -0.2) is 32.6 Å². The molecule has 3 N–H and O–H groups in total. The molecule has 0 saturated heterocycles. The van der Waals surface area contributed by atoms with Crippen molar-refractivity contribution >= 4 is 0 Å². The first-order valence-corrected chi connectivity index (χ1v) is 8.90. The van der Waals surface area contributed by atoms with Gasteiger partial charge in [-0.2, -0.15) is 0 Å². The zero-order chi connectivity index (χ0) is 16.5. The Morgan fingerprint density at radius 1 is 0.714 bits per heavy atom. The number of hydrogen-bond donors (Lipinski definition) is 3. The van der Waals surface area contributed by atoms with Crippen molar-refractivity contribution in [2.75, 3.05) is 0 Å². The Bertz CT molecular complexity index is 237. The minimum Gasteiger partial charge on any atom is -0.393 e. The van der Waals surface area contributed by atoms with Gasteiger partial charge in [0.2, 0.25) is 0 Å². The van der Waals surface area contributed by atoms with Gasteiger partial charge >= 0.3 is 0 Å². The van der Waals surface area contributed by atoms with Crippen LogP contribution in [0.4, 0.5) is 0 Å². The van der Waals surface area contributed by atoms with E-state index in [4.69, 9.17) is 0 Å². The van der Waals surface area contributed by atoms with Crippen LogP contribution in [0.1, 0.15) is 92.4 Å². The van der Waals surface area contributed by atoms with E-state index < -0.39 is 11.2 Å². The molecule has 1 unspecified atom stereocenters. The average Bonchev–Trinajstić information content (AvgIpc) is 2.51. The summed E-state index contributed by atoms with van der Waals surface area (Å²) in [6.45, 7) is 10.1. The van der Waals surface area contributed by atoms with Crippen LogP contribution in [-0.2, 0) is 0 Å². The Hall–Kier alpha value is -0.120. The molecule has 0 fully saturated rings. The van der Waals surface area contributed by atoms with Gasteiger partial charge in [-0.25, -0.2) is 0 Å². The number of aliphatic hydroxyl groups excluding tert-OH is 1. The summed E-state index contributed by atoms with van der Waals surface area (Å²) >= 11 is 0. The van der Waals surface area contributed by atoms with Crippen LogP contribution in [0.15, 0.2) is 0 Å². The first-order valence-electron chi connectivity index (χ1n) is 8.90. The Labute approximate surface area is 131 Å². The highest BCUT2D eigenvalue weighted by Crippen LogP contribution is 2.34. The molecule has 1 atom stereocenters. The predicted molar refractivity (Wildman–Crippen MR) is 89.3 cm³/mol. The third kappa shape index (κ3) is 7.62. The Morgan fingerprint density at radius 2 is 1.10 bits per heavy atom. The maximum Gasteiger partial charge on any atom is 0.0645 e. The number of rotatable bonds is 12. The molecule has 0 spiro atoms. The molecule has 3 nitrogen and oxygen atoms in total. The minimum atomic E-state index is -0.635. The Kier molecular flexibility index (Phi) is 9.75. The second-order valence-electron chi connectivity index (χ2n) is 6.78. The second-order valence-corrected chi connectivity index (χ2v) is 6.78. The van der Waals surface area contributed by atoms with Gasteiger partial charge in [-0.3, -0.25) is 0 Å². The quantitative estimate of drug-likeness (QED) is 0.510. The Balaban J connectivity index is 4.83. The van der Waals surface area contributed by atoms with Gasteiger partial charge in [0.25, 0.3) is 0 Å². The average molecular weight is 302 g/mol. The van der Waals surface area contributed by atoms with Crippen LogP contribution < -0.4 is 0 Å². The van der Waals surface area contributed by atoms with Gasteiger partial charge in [-0.05, 0) is 63.7 Å². The fourth-order valence-electron chi connectivity index (χ4n) is 3.06. The minimum absolute atomic E-state index is 0.264. The lowest BCUT2D eigenvalue weighted by molar-refractivity contribution is -0.0313. The predicted octanol–water partition coefficient (Wildman–Crippen LogP) is 4.04. The number of aliphatic hydroxyl groups is 3. The molecule has 0 saturated carbocycles. The van der Waals surface area contributed by atoms with E-state index in [2.05, 4.69) is 0 Å². The van der Waals surface area contributed by atoms with Crippen molar-refractivity contribution in [2.24, 2.45) is 5.92 Å². The monoisotopic (exact) mass is 302 g/mol. The fourth-order valence-corrected chi connectivity index (χ4v) is 3.06. The van der Waals surface area contributed by atoms with E-state index in [1.165, 1.54) is 0 Å². The second kappa shape index (κ2) is 9.81. The first-order chi connectivity index (χ1) is 9.78. The van der Waals surface area contributed by atoms with Gasteiger partial charge in [-0.1, -0.05) is 34.6 Å². The van der Waals surface area contributed by atoms with Crippen molar-refractivity contribution in [1.82, 2.24) is 0 Å². The number of hydrogen-bond acceptors (Lipinski definition) is 3. The summed E-state index contributed by atoms with van der Waals surface area (Å²) in [6.07, 6.45) is 6.55. The van der Waals surface area contributed by atoms with Gasteiger partial charge < -0.3 is 15.3 Å². The lowest BCUT2D eigenvalue weighted by Gasteiger charge is -2.35. The van der Waals surface area contributed by atoms with Gasteiger partial charge in [0.05, 0.1) is 17.3 Å². The van der Waals surface area contributed by atoms with E-state index in [1.54, 1.807) is 0 Å². The largest absolute Gasteiger partial charge is 0.393 e. The lowest BCUT2D eigenvalue weighted by Crippen LogP contribution is -2.35. The molecule has 0 aliphatic heterocycles. The summed E-state index contributed by atoms with van der Waals surface area (Å²) in [5, 5.41) is 31.0. The van der Waals surface area contributed by atoms with E-state index in [-0.39, 0.29) is 12.0 Å². The van der Waals surface area contributed by atoms with Crippen LogP contribution in [0.25, 0.3) is 0 Å². The fraction of sp³-hybridized carbons (Fsp3) is 1.00. The van der Waals surface area contributed by atoms with Crippen molar-refractivity contribution in [2.45, 2.75) is 110 Å². The zero-order valence-corrected chi connectivity index (χ0v) is 14.9. The molecule has 0 aliphatic rings. The van der Waals surface area contributed by atoms with Gasteiger partial charge in [0.1, 0.15) is 0 Å². The molecule has 0 aromatic heterocycles. The van der Waals surface area contributed by atoms with Crippen molar-refractivity contribution in [3.05, 3.63) is 0 Å². The van der Waals surface area contributed by atoms with Gasteiger partial charge in [0.15, 0.2) is 0 Å². The van der Waals surface area contributed by atoms with Crippen molar-refractivity contribution < 1.29 is 15.3 Å². The van der Waals surface area contributed by atoms with E-state index in [1.807, 2.05) is 34.6 Å². The normalized spacial score (nSPS) is 14.7. The highest BCUT2D eigenvalue weighted by Gasteiger charge is 2.32. The summed E-state index contributed by atoms with van der Waals surface area (Å²) in [6, 6.07) is 0. The maximum absolute atomic E-state index is 10.6. The molecule has 0 amide bonds. The SMILES string of the molecule is CCC(O)CCC(CC(O)(CC)CC)CC(O)(CC)CC. The molecular weight excluding hydrogens is 264 g/mol. The third-order valence-corrected chi connectivity index (χ3v) is 5.35.